The van der Waals surface area contributed by atoms with E-state index in [-0.39, 0.29) is 42.3 Å². The normalized spacial score (nSPS) is 21.5. The van der Waals surface area contributed by atoms with Gasteiger partial charge in [0.05, 0.1) is 28.5 Å². The van der Waals surface area contributed by atoms with Crippen molar-refractivity contribution in [3.8, 4) is 17.1 Å². The Morgan fingerprint density at radius 1 is 1.25 bits per heavy atom. The van der Waals surface area contributed by atoms with Crippen molar-refractivity contribution in [2.24, 2.45) is 5.92 Å². The Balaban J connectivity index is 1.76. The number of aromatic hydroxyl groups is 1. The number of ether oxygens (including phenoxy) is 1. The molecule has 4 heterocycles. The van der Waals surface area contributed by atoms with Crippen LogP contribution in [0.3, 0.4) is 0 Å². The number of rotatable bonds is 5. The number of phenolic OH excluding ortho intramolecular Hbond substituents is 1. The average Bonchev–Trinajstić information content (AvgIpc) is 3.10. The largest absolute Gasteiger partial charge is 0.508 e. The molecule has 0 saturated carbocycles. The molecule has 0 radical (unpaired) electrons. The number of carbonyl (C=O) groups excluding carboxylic acids is 1. The molecule has 8 nitrogen and oxygen atoms in total. The fourth-order valence-corrected chi connectivity index (χ4v) is 5.76. The Bertz CT molecular complexity index is 1460. The molecule has 0 amide bonds. The molecule has 2 aromatic heterocycles. The van der Waals surface area contributed by atoms with Crippen LogP contribution in [0.5, 0.6) is 5.75 Å². The van der Waals surface area contributed by atoms with Crippen LogP contribution in [0.4, 0.5) is 0 Å². The first kappa shape index (κ1) is 24.5. The number of carbonyl (C=O) groups is 1. The van der Waals surface area contributed by atoms with Crippen molar-refractivity contribution in [3.63, 3.8) is 0 Å². The SMILES string of the molecule is CCN(C)C(C)c1c(O)ccc2nc3c(cc12)C(C)n1c-3cc2c(c1=O)COC(=O)[C@]2(O)CC(C)C. The fourth-order valence-electron chi connectivity index (χ4n) is 5.76. The molecule has 2 aliphatic rings. The standard InChI is InChI=1S/C28H33N3O5/c1-7-30(6)16(5)24-18-10-17-15(4)31-22(25(17)29-21(18)8-9-23(24)32)11-20-19(26(31)33)13-36-27(34)28(20,35)12-14(2)3/h8-11,14-16,32,35H,7,12-13H2,1-6H3/t15?,16?,28-/m0/s1. The van der Waals surface area contributed by atoms with E-state index < -0.39 is 11.6 Å². The second-order valence-corrected chi connectivity index (χ2v) is 10.5. The van der Waals surface area contributed by atoms with Crippen LogP contribution in [0.1, 0.15) is 75.4 Å². The topological polar surface area (TPSA) is 105 Å². The van der Waals surface area contributed by atoms with E-state index in [1.807, 2.05) is 33.9 Å². The lowest BCUT2D eigenvalue weighted by Crippen LogP contribution is -2.45. The lowest BCUT2D eigenvalue weighted by molar-refractivity contribution is -0.174. The van der Waals surface area contributed by atoms with Crippen molar-refractivity contribution < 1.29 is 19.7 Å². The Morgan fingerprint density at radius 3 is 2.64 bits per heavy atom. The van der Waals surface area contributed by atoms with Gasteiger partial charge in [0, 0.05) is 28.1 Å². The maximum atomic E-state index is 13.7. The molecule has 0 fully saturated rings. The van der Waals surface area contributed by atoms with Gasteiger partial charge < -0.3 is 14.9 Å². The summed E-state index contributed by atoms with van der Waals surface area (Å²) in [5, 5.41) is 23.0. The third kappa shape index (κ3) is 3.38. The predicted octanol–water partition coefficient (Wildman–Crippen LogP) is 4.00. The van der Waals surface area contributed by atoms with Crippen molar-refractivity contribution in [3.05, 3.63) is 56.9 Å². The fraction of sp³-hybridized carbons (Fsp3) is 0.464. The maximum absolute atomic E-state index is 13.7. The van der Waals surface area contributed by atoms with Crippen LogP contribution in [-0.4, -0.2) is 44.2 Å². The van der Waals surface area contributed by atoms with Crippen LogP contribution in [-0.2, 0) is 21.7 Å². The van der Waals surface area contributed by atoms with Crippen molar-refractivity contribution >= 4 is 16.9 Å². The summed E-state index contributed by atoms with van der Waals surface area (Å²) in [6.45, 7) is 10.5. The van der Waals surface area contributed by atoms with Gasteiger partial charge in [0.2, 0.25) is 0 Å². The second kappa shape index (κ2) is 8.42. The van der Waals surface area contributed by atoms with Gasteiger partial charge in [0.1, 0.15) is 12.4 Å². The molecule has 2 unspecified atom stereocenters. The Labute approximate surface area is 210 Å². The van der Waals surface area contributed by atoms with Crippen LogP contribution < -0.4 is 5.56 Å². The monoisotopic (exact) mass is 491 g/mol. The summed E-state index contributed by atoms with van der Waals surface area (Å²) in [6, 6.07) is 6.85. The molecule has 8 heteroatoms. The number of aliphatic hydroxyl groups is 1. The molecule has 2 N–H and O–H groups in total. The number of hydrogen-bond donors (Lipinski definition) is 2. The van der Waals surface area contributed by atoms with E-state index in [9.17, 15) is 19.8 Å². The minimum Gasteiger partial charge on any atom is -0.508 e. The van der Waals surface area contributed by atoms with E-state index in [1.165, 1.54) is 0 Å². The van der Waals surface area contributed by atoms with E-state index in [4.69, 9.17) is 9.72 Å². The molecule has 0 saturated heterocycles. The Hall–Kier alpha value is -3.23. The zero-order chi connectivity index (χ0) is 26.1. The van der Waals surface area contributed by atoms with Crippen LogP contribution in [0.25, 0.3) is 22.3 Å². The summed E-state index contributed by atoms with van der Waals surface area (Å²) in [4.78, 5) is 33.5. The molecule has 0 aliphatic carbocycles. The molecular weight excluding hydrogens is 458 g/mol. The highest BCUT2D eigenvalue weighted by Crippen LogP contribution is 2.44. The van der Waals surface area contributed by atoms with Gasteiger partial charge in [-0.2, -0.15) is 0 Å². The van der Waals surface area contributed by atoms with Gasteiger partial charge in [-0.25, -0.2) is 9.78 Å². The number of pyridine rings is 2. The van der Waals surface area contributed by atoms with E-state index in [0.29, 0.717) is 28.0 Å². The van der Waals surface area contributed by atoms with Crippen LogP contribution in [0.15, 0.2) is 29.1 Å². The van der Waals surface area contributed by atoms with Crippen molar-refractivity contribution in [2.75, 3.05) is 13.6 Å². The van der Waals surface area contributed by atoms with Crippen LogP contribution >= 0.6 is 0 Å². The van der Waals surface area contributed by atoms with Gasteiger partial charge in [0.15, 0.2) is 5.60 Å². The number of benzene rings is 1. The lowest BCUT2D eigenvalue weighted by atomic mass is 9.82. The quantitative estimate of drug-likeness (QED) is 0.520. The van der Waals surface area contributed by atoms with Gasteiger partial charge >= 0.3 is 5.97 Å². The number of esters is 1. The van der Waals surface area contributed by atoms with E-state index >= 15 is 0 Å². The highest BCUT2D eigenvalue weighted by atomic mass is 16.6. The number of cyclic esters (lactones) is 1. The van der Waals surface area contributed by atoms with Crippen molar-refractivity contribution in [2.45, 2.75) is 65.3 Å². The summed E-state index contributed by atoms with van der Waals surface area (Å²) >= 11 is 0. The first-order chi connectivity index (χ1) is 17.0. The molecule has 0 spiro atoms. The molecule has 3 aromatic rings. The summed E-state index contributed by atoms with van der Waals surface area (Å²) in [6.07, 6.45) is 0.154. The zero-order valence-electron chi connectivity index (χ0n) is 21.6. The minimum atomic E-state index is -1.88. The lowest BCUT2D eigenvalue weighted by Gasteiger charge is -2.34. The van der Waals surface area contributed by atoms with Crippen LogP contribution in [0.2, 0.25) is 0 Å². The van der Waals surface area contributed by atoms with Gasteiger partial charge in [-0.15, -0.1) is 0 Å². The third-order valence-corrected chi connectivity index (χ3v) is 7.88. The van der Waals surface area contributed by atoms with E-state index in [1.54, 1.807) is 22.8 Å². The summed E-state index contributed by atoms with van der Waals surface area (Å²) in [7, 11) is 2.01. The summed E-state index contributed by atoms with van der Waals surface area (Å²) < 4.78 is 6.95. The maximum Gasteiger partial charge on any atom is 0.343 e. The zero-order valence-corrected chi connectivity index (χ0v) is 21.6. The molecule has 0 bridgehead atoms. The Morgan fingerprint density at radius 2 is 1.97 bits per heavy atom. The summed E-state index contributed by atoms with van der Waals surface area (Å²) in [5.74, 6) is -0.505. The van der Waals surface area contributed by atoms with Gasteiger partial charge in [-0.3, -0.25) is 14.3 Å². The molecular formula is C28H33N3O5. The molecule has 36 heavy (non-hydrogen) atoms. The number of nitrogens with zero attached hydrogens (tertiary/aromatic N) is 3. The molecule has 190 valence electrons. The molecule has 3 atom stereocenters. The van der Waals surface area contributed by atoms with Crippen LogP contribution in [0, 0.1) is 5.92 Å². The number of fused-ring (bicyclic) bond motifs is 5. The highest BCUT2D eigenvalue weighted by molar-refractivity contribution is 5.90. The average molecular weight is 492 g/mol. The number of aromatic nitrogens is 2. The first-order valence-electron chi connectivity index (χ1n) is 12.5. The molecule has 5 rings (SSSR count). The summed E-state index contributed by atoms with van der Waals surface area (Å²) in [5.41, 5.74) is 2.06. The Kier molecular flexibility index (Phi) is 5.72. The highest BCUT2D eigenvalue weighted by Gasteiger charge is 2.47. The predicted molar refractivity (Wildman–Crippen MR) is 137 cm³/mol. The van der Waals surface area contributed by atoms with Gasteiger partial charge in [0.25, 0.3) is 5.56 Å². The molecule has 2 aliphatic heterocycles. The van der Waals surface area contributed by atoms with E-state index in [0.717, 1.165) is 23.1 Å². The van der Waals surface area contributed by atoms with E-state index in [2.05, 4.69) is 18.7 Å². The minimum absolute atomic E-state index is 0.00660. The number of hydrogen-bond acceptors (Lipinski definition) is 7. The third-order valence-electron chi connectivity index (χ3n) is 7.88. The number of phenols is 1. The second-order valence-electron chi connectivity index (χ2n) is 10.5. The smallest absolute Gasteiger partial charge is 0.343 e. The van der Waals surface area contributed by atoms with Gasteiger partial charge in [-0.1, -0.05) is 20.8 Å². The van der Waals surface area contributed by atoms with Crippen molar-refractivity contribution in [1.29, 1.82) is 0 Å². The van der Waals surface area contributed by atoms with Gasteiger partial charge in [-0.05, 0) is 64.0 Å². The molecule has 1 aromatic carbocycles. The first-order valence-corrected chi connectivity index (χ1v) is 12.5. The van der Waals surface area contributed by atoms with Crippen molar-refractivity contribution in [1.82, 2.24) is 14.5 Å².